The van der Waals surface area contributed by atoms with Crippen LogP contribution in [-0.4, -0.2) is 15.9 Å². The molecule has 2 bridgehead atoms. The molecule has 4 rings (SSSR count). The number of hydrogen-bond acceptors (Lipinski definition) is 4. The molecule has 1 saturated carbocycles. The highest BCUT2D eigenvalue weighted by Gasteiger charge is 2.73. The number of nitrogens with one attached hydrogen (secondary N) is 1. The Balaban J connectivity index is 2.11. The molecule has 1 aromatic heterocycles. The Labute approximate surface area is 149 Å². The van der Waals surface area contributed by atoms with Crippen LogP contribution in [0.25, 0.3) is 11.0 Å². The number of rotatable bonds is 1. The summed E-state index contributed by atoms with van der Waals surface area (Å²) in [6, 6.07) is 3.42. The van der Waals surface area contributed by atoms with E-state index in [1.165, 1.54) is 0 Å². The average Bonchev–Trinajstić information content (AvgIpc) is 2.83. The lowest BCUT2D eigenvalue weighted by Gasteiger charge is -2.39. The predicted octanol–water partition coefficient (Wildman–Crippen LogP) is 3.26. The number of amides is 1. The van der Waals surface area contributed by atoms with E-state index in [0.717, 1.165) is 17.8 Å². The molecule has 2 aliphatic carbocycles. The summed E-state index contributed by atoms with van der Waals surface area (Å²) in [5, 5.41) is 0.866. The number of benzene rings is 1. The molecule has 3 N–H and O–H groups in total. The largest absolute Gasteiger partial charge is 0.293 e. The van der Waals surface area contributed by atoms with Gasteiger partial charge in [0, 0.05) is 5.41 Å². The molecule has 1 amide bonds. The molecule has 5 nitrogen and oxygen atoms in total. The van der Waals surface area contributed by atoms with Crippen molar-refractivity contribution >= 4 is 40.1 Å². The quantitative estimate of drug-likeness (QED) is 0.462. The second-order valence-corrected chi connectivity index (χ2v) is 8.33. The van der Waals surface area contributed by atoms with Crippen LogP contribution in [0, 0.1) is 5.41 Å². The Morgan fingerprint density at radius 3 is 2.17 bits per heavy atom. The zero-order valence-electron chi connectivity index (χ0n) is 13.7. The van der Waals surface area contributed by atoms with Gasteiger partial charge in [-0.1, -0.05) is 44.0 Å². The van der Waals surface area contributed by atoms with E-state index >= 15 is 0 Å². The monoisotopic (exact) mass is 364 g/mol. The van der Waals surface area contributed by atoms with Crippen LogP contribution in [-0.2, 0) is 15.6 Å². The van der Waals surface area contributed by atoms with Gasteiger partial charge in [0.1, 0.15) is 5.41 Å². The molecular formula is C17H18Cl2N4O. The summed E-state index contributed by atoms with van der Waals surface area (Å²) in [4.78, 5) is 22.5. The van der Waals surface area contributed by atoms with Crippen LogP contribution in [0.2, 0.25) is 10.0 Å². The summed E-state index contributed by atoms with van der Waals surface area (Å²) in [6.45, 7) is 6.36. The van der Waals surface area contributed by atoms with Crippen molar-refractivity contribution in [2.45, 2.75) is 44.4 Å². The SMILES string of the molecule is CC12CCC(C(=O)NN)(c3nc4cc(Cl)c(Cl)cc4nc31)C2(C)C. The third kappa shape index (κ3) is 1.54. The van der Waals surface area contributed by atoms with Gasteiger partial charge in [0.15, 0.2) is 0 Å². The minimum Gasteiger partial charge on any atom is -0.293 e. The highest BCUT2D eigenvalue weighted by Crippen LogP contribution is 2.70. The normalized spacial score (nSPS) is 29.8. The third-order valence-electron chi connectivity index (χ3n) is 6.60. The van der Waals surface area contributed by atoms with Crippen LogP contribution in [0.1, 0.15) is 45.0 Å². The zero-order valence-corrected chi connectivity index (χ0v) is 15.2. The summed E-state index contributed by atoms with van der Waals surface area (Å²) in [5.74, 6) is 5.32. The van der Waals surface area contributed by atoms with Gasteiger partial charge >= 0.3 is 0 Å². The van der Waals surface area contributed by atoms with E-state index in [1.807, 2.05) is 0 Å². The van der Waals surface area contributed by atoms with Crippen LogP contribution in [0.5, 0.6) is 0 Å². The highest BCUT2D eigenvalue weighted by molar-refractivity contribution is 6.42. The number of carbonyl (C=O) groups excluding carboxylic acids is 1. The Morgan fingerprint density at radius 2 is 1.62 bits per heavy atom. The van der Waals surface area contributed by atoms with Crippen molar-refractivity contribution in [1.82, 2.24) is 15.4 Å². The number of carbonyl (C=O) groups is 1. The lowest BCUT2D eigenvalue weighted by molar-refractivity contribution is -0.130. The zero-order chi connectivity index (χ0) is 17.5. The minimum atomic E-state index is -0.779. The molecule has 2 atom stereocenters. The van der Waals surface area contributed by atoms with E-state index in [9.17, 15) is 4.79 Å². The van der Waals surface area contributed by atoms with Crippen LogP contribution >= 0.6 is 23.2 Å². The summed E-state index contributed by atoms with van der Waals surface area (Å²) in [6.07, 6.45) is 1.57. The molecule has 2 aliphatic rings. The molecule has 0 spiro atoms. The topological polar surface area (TPSA) is 80.9 Å². The smallest absolute Gasteiger partial charge is 0.246 e. The fraction of sp³-hybridized carbons (Fsp3) is 0.471. The minimum absolute atomic E-state index is 0.205. The van der Waals surface area contributed by atoms with Crippen molar-refractivity contribution in [1.29, 1.82) is 0 Å². The molecule has 24 heavy (non-hydrogen) atoms. The van der Waals surface area contributed by atoms with Crippen LogP contribution in [0.3, 0.4) is 0 Å². The summed E-state index contributed by atoms with van der Waals surface area (Å²) < 4.78 is 0. The van der Waals surface area contributed by atoms with Crippen molar-refractivity contribution < 1.29 is 4.79 Å². The Bertz CT molecular complexity index is 913. The van der Waals surface area contributed by atoms with Gasteiger partial charge in [-0.05, 0) is 30.4 Å². The van der Waals surface area contributed by atoms with E-state index < -0.39 is 5.41 Å². The molecule has 0 aliphatic heterocycles. The lowest BCUT2D eigenvalue weighted by atomic mass is 9.63. The first-order valence-corrected chi connectivity index (χ1v) is 8.63. The van der Waals surface area contributed by atoms with Crippen LogP contribution in [0.4, 0.5) is 0 Å². The number of halogens is 2. The molecule has 7 heteroatoms. The van der Waals surface area contributed by atoms with Gasteiger partial charge in [-0.2, -0.15) is 0 Å². The number of nitrogens with zero attached hydrogens (tertiary/aromatic N) is 2. The van der Waals surface area contributed by atoms with Gasteiger partial charge < -0.3 is 0 Å². The highest BCUT2D eigenvalue weighted by atomic mass is 35.5. The summed E-state index contributed by atoms with van der Waals surface area (Å²) >= 11 is 12.3. The fourth-order valence-electron chi connectivity index (χ4n) is 4.72. The molecule has 2 aromatic rings. The fourth-order valence-corrected chi connectivity index (χ4v) is 5.04. The molecular weight excluding hydrogens is 347 g/mol. The van der Waals surface area contributed by atoms with Gasteiger partial charge in [0.25, 0.3) is 0 Å². The number of aromatic nitrogens is 2. The number of nitrogens with two attached hydrogens (primary N) is 1. The summed E-state index contributed by atoms with van der Waals surface area (Å²) in [5.41, 5.74) is 3.89. The number of hydrazine groups is 1. The van der Waals surface area contributed by atoms with Gasteiger partial charge in [-0.3, -0.25) is 10.2 Å². The van der Waals surface area contributed by atoms with Crippen molar-refractivity contribution in [3.63, 3.8) is 0 Å². The van der Waals surface area contributed by atoms with E-state index in [4.69, 9.17) is 39.0 Å². The van der Waals surface area contributed by atoms with E-state index in [2.05, 4.69) is 26.2 Å². The first kappa shape index (κ1) is 16.1. The standard InChI is InChI=1S/C17H18Cl2N4O/c1-15(2)16(3)4-5-17(15,14(24)23-20)13-12(16)21-10-6-8(18)9(19)7-11(10)22-13/h6-7H,4-5,20H2,1-3H3,(H,23,24). The van der Waals surface area contributed by atoms with Gasteiger partial charge in [-0.25, -0.2) is 15.8 Å². The molecule has 0 saturated heterocycles. The molecule has 1 aromatic carbocycles. The molecule has 126 valence electrons. The van der Waals surface area contributed by atoms with Gasteiger partial charge in [0.05, 0.1) is 32.5 Å². The number of fused-ring (bicyclic) bond motifs is 6. The summed E-state index contributed by atoms with van der Waals surface area (Å²) in [7, 11) is 0. The van der Waals surface area contributed by atoms with Crippen molar-refractivity contribution in [3.8, 4) is 0 Å². The Kier molecular flexibility index (Phi) is 3.07. The number of hydrogen-bond donors (Lipinski definition) is 2. The maximum atomic E-state index is 12.8. The first-order chi connectivity index (χ1) is 11.2. The average molecular weight is 365 g/mol. The molecule has 2 unspecified atom stereocenters. The van der Waals surface area contributed by atoms with Crippen LogP contribution in [0.15, 0.2) is 12.1 Å². The molecule has 0 radical (unpaired) electrons. The Hall–Kier alpha value is -1.43. The Morgan fingerprint density at radius 1 is 1.08 bits per heavy atom. The molecule has 1 fully saturated rings. The molecule has 1 heterocycles. The maximum absolute atomic E-state index is 12.8. The van der Waals surface area contributed by atoms with Crippen molar-refractivity contribution in [2.24, 2.45) is 11.3 Å². The maximum Gasteiger partial charge on any atom is 0.246 e. The van der Waals surface area contributed by atoms with Crippen molar-refractivity contribution in [3.05, 3.63) is 33.6 Å². The third-order valence-corrected chi connectivity index (χ3v) is 7.32. The van der Waals surface area contributed by atoms with Gasteiger partial charge in [-0.15, -0.1) is 0 Å². The van der Waals surface area contributed by atoms with E-state index in [-0.39, 0.29) is 16.7 Å². The second kappa shape index (κ2) is 4.59. The lowest BCUT2D eigenvalue weighted by Crippen LogP contribution is -2.53. The first-order valence-electron chi connectivity index (χ1n) is 7.88. The predicted molar refractivity (Wildman–Crippen MR) is 93.9 cm³/mol. The van der Waals surface area contributed by atoms with Gasteiger partial charge in [0.2, 0.25) is 5.91 Å². The second-order valence-electron chi connectivity index (χ2n) is 7.51. The van der Waals surface area contributed by atoms with E-state index in [0.29, 0.717) is 27.5 Å². The van der Waals surface area contributed by atoms with E-state index in [1.54, 1.807) is 12.1 Å². The van der Waals surface area contributed by atoms with Crippen molar-refractivity contribution in [2.75, 3.05) is 0 Å². The van der Waals surface area contributed by atoms with Crippen LogP contribution < -0.4 is 11.3 Å².